The van der Waals surface area contributed by atoms with Gasteiger partial charge in [-0.2, -0.15) is 0 Å². The van der Waals surface area contributed by atoms with Crippen LogP contribution in [0.3, 0.4) is 0 Å². The van der Waals surface area contributed by atoms with E-state index in [-0.39, 0.29) is 11.7 Å². The van der Waals surface area contributed by atoms with Crippen LogP contribution in [0.1, 0.15) is 24.0 Å². The van der Waals surface area contributed by atoms with Crippen molar-refractivity contribution in [1.82, 2.24) is 9.88 Å². The summed E-state index contributed by atoms with van der Waals surface area (Å²) in [4.78, 5) is 6.56. The van der Waals surface area contributed by atoms with Crippen LogP contribution in [0.25, 0.3) is 0 Å². The third-order valence-electron chi connectivity index (χ3n) is 4.77. The summed E-state index contributed by atoms with van der Waals surface area (Å²) in [5, 5.41) is 0. The summed E-state index contributed by atoms with van der Waals surface area (Å²) in [5.74, 6) is 0. The Morgan fingerprint density at radius 1 is 1.35 bits per heavy atom. The van der Waals surface area contributed by atoms with Crippen LogP contribution < -0.4 is 0 Å². The first-order valence-corrected chi connectivity index (χ1v) is 8.19. The summed E-state index contributed by atoms with van der Waals surface area (Å²) in [5.41, 5.74) is 2.31. The van der Waals surface area contributed by atoms with Gasteiger partial charge >= 0.3 is 0 Å². The third-order valence-corrected chi connectivity index (χ3v) is 4.77. The minimum atomic E-state index is -0.0245. The second-order valence-electron chi connectivity index (χ2n) is 6.58. The largest absolute Gasteiger partial charge is 0.472 e. The van der Waals surface area contributed by atoms with Crippen LogP contribution >= 0.6 is 0 Å². The Bertz CT molecular complexity index is 616. The Balaban J connectivity index is 1.28. The lowest BCUT2D eigenvalue weighted by Gasteiger charge is -2.23. The van der Waals surface area contributed by atoms with Crippen LogP contribution in [-0.4, -0.2) is 41.3 Å². The average Bonchev–Trinajstić information content (AvgIpc) is 3.31. The van der Waals surface area contributed by atoms with E-state index in [1.807, 2.05) is 30.7 Å². The maximum absolute atomic E-state index is 6.15. The van der Waals surface area contributed by atoms with E-state index in [2.05, 4.69) is 9.88 Å². The highest BCUT2D eigenvalue weighted by Gasteiger charge is 2.45. The van der Waals surface area contributed by atoms with Crippen LogP contribution in [0.4, 0.5) is 0 Å². The SMILES string of the molecule is c1cncc(CO[C@@H]2CO[C@@]3(CCN(Cc4ccoc4)C3)C2)c1. The van der Waals surface area contributed by atoms with Crippen LogP contribution in [0.5, 0.6) is 0 Å². The Morgan fingerprint density at radius 3 is 3.17 bits per heavy atom. The highest BCUT2D eigenvalue weighted by molar-refractivity contribution is 5.08. The van der Waals surface area contributed by atoms with Gasteiger partial charge < -0.3 is 13.9 Å². The van der Waals surface area contributed by atoms with E-state index >= 15 is 0 Å². The van der Waals surface area contributed by atoms with Gasteiger partial charge in [-0.05, 0) is 24.1 Å². The van der Waals surface area contributed by atoms with E-state index in [0.29, 0.717) is 13.2 Å². The molecule has 0 bridgehead atoms. The Morgan fingerprint density at radius 2 is 2.35 bits per heavy atom. The van der Waals surface area contributed by atoms with Crippen LogP contribution in [0.2, 0.25) is 0 Å². The quantitative estimate of drug-likeness (QED) is 0.849. The summed E-state index contributed by atoms with van der Waals surface area (Å²) >= 11 is 0. The van der Waals surface area contributed by atoms with Crippen molar-refractivity contribution in [2.45, 2.75) is 37.7 Å². The maximum Gasteiger partial charge on any atom is 0.0947 e. The first-order chi connectivity index (χ1) is 11.3. The van der Waals surface area contributed by atoms with Gasteiger partial charge in [0.2, 0.25) is 0 Å². The number of likely N-dealkylation sites (tertiary alicyclic amines) is 1. The Kier molecular flexibility index (Phi) is 4.16. The highest BCUT2D eigenvalue weighted by Crippen LogP contribution is 2.37. The summed E-state index contributed by atoms with van der Waals surface area (Å²) < 4.78 is 17.3. The van der Waals surface area contributed by atoms with Crippen LogP contribution in [-0.2, 0) is 22.6 Å². The molecule has 0 aromatic carbocycles. The van der Waals surface area contributed by atoms with E-state index < -0.39 is 0 Å². The molecule has 122 valence electrons. The molecule has 5 nitrogen and oxygen atoms in total. The van der Waals surface area contributed by atoms with Crippen molar-refractivity contribution in [3.8, 4) is 0 Å². The molecule has 0 N–H and O–H groups in total. The normalized spacial score (nSPS) is 27.9. The fraction of sp³-hybridized carbons (Fsp3) is 0.500. The lowest BCUT2D eigenvalue weighted by atomic mass is 9.98. The van der Waals surface area contributed by atoms with Crippen molar-refractivity contribution >= 4 is 0 Å². The topological polar surface area (TPSA) is 47.7 Å². The van der Waals surface area contributed by atoms with Crippen LogP contribution in [0, 0.1) is 0 Å². The lowest BCUT2D eigenvalue weighted by molar-refractivity contribution is -0.000458. The summed E-state index contributed by atoms with van der Waals surface area (Å²) in [6.07, 6.45) is 9.44. The monoisotopic (exact) mass is 314 g/mol. The van der Waals surface area contributed by atoms with Crippen molar-refractivity contribution in [3.05, 3.63) is 54.2 Å². The third kappa shape index (κ3) is 3.47. The molecular formula is C18H22N2O3. The van der Waals surface area contributed by atoms with Crippen molar-refractivity contribution in [2.24, 2.45) is 0 Å². The number of rotatable bonds is 5. The fourth-order valence-electron chi connectivity index (χ4n) is 3.59. The van der Waals surface area contributed by atoms with Gasteiger partial charge in [0, 0.05) is 44.0 Å². The van der Waals surface area contributed by atoms with Gasteiger partial charge in [0.1, 0.15) is 0 Å². The standard InChI is InChI=1S/C18H22N2O3/c1-2-15(9-19-5-1)12-22-17-8-18(23-13-17)4-6-20(14-18)10-16-3-7-21-11-16/h1-3,5,7,9,11,17H,4,6,8,10,12-14H2/t17-,18-/m0/s1. The lowest BCUT2D eigenvalue weighted by Crippen LogP contribution is -2.32. The van der Waals surface area contributed by atoms with E-state index in [4.69, 9.17) is 13.9 Å². The van der Waals surface area contributed by atoms with Gasteiger partial charge in [0.05, 0.1) is 37.4 Å². The molecule has 2 saturated heterocycles. The zero-order chi connectivity index (χ0) is 15.5. The molecule has 0 amide bonds. The second-order valence-corrected chi connectivity index (χ2v) is 6.58. The zero-order valence-corrected chi connectivity index (χ0v) is 13.2. The molecule has 0 saturated carbocycles. The van der Waals surface area contributed by atoms with E-state index in [1.54, 1.807) is 12.5 Å². The number of pyridine rings is 1. The Hall–Kier alpha value is -1.69. The van der Waals surface area contributed by atoms with Gasteiger partial charge in [0.25, 0.3) is 0 Å². The fourth-order valence-corrected chi connectivity index (χ4v) is 3.59. The summed E-state index contributed by atoms with van der Waals surface area (Å²) in [6, 6.07) is 6.01. The molecule has 4 rings (SSSR count). The molecular weight excluding hydrogens is 292 g/mol. The predicted molar refractivity (Wildman–Crippen MR) is 84.7 cm³/mol. The molecule has 1 spiro atoms. The summed E-state index contributed by atoms with van der Waals surface area (Å²) in [6.45, 7) is 4.28. The van der Waals surface area contributed by atoms with Crippen LogP contribution in [0.15, 0.2) is 47.5 Å². The van der Waals surface area contributed by atoms with Crippen molar-refractivity contribution < 1.29 is 13.9 Å². The number of furan rings is 1. The average molecular weight is 314 g/mol. The number of hydrogen-bond donors (Lipinski definition) is 0. The molecule has 0 aliphatic carbocycles. The molecule has 2 fully saturated rings. The van der Waals surface area contributed by atoms with Crippen molar-refractivity contribution in [3.63, 3.8) is 0 Å². The smallest absolute Gasteiger partial charge is 0.0947 e. The maximum atomic E-state index is 6.15. The molecule has 2 aliphatic heterocycles. The molecule has 2 atom stereocenters. The molecule has 4 heterocycles. The minimum Gasteiger partial charge on any atom is -0.472 e. The first kappa shape index (κ1) is 14.9. The number of hydrogen-bond acceptors (Lipinski definition) is 5. The molecule has 2 aromatic rings. The molecule has 0 radical (unpaired) electrons. The predicted octanol–water partition coefficient (Wildman–Crippen LogP) is 2.62. The first-order valence-electron chi connectivity index (χ1n) is 8.19. The number of nitrogens with zero attached hydrogens (tertiary/aromatic N) is 2. The molecule has 23 heavy (non-hydrogen) atoms. The van der Waals surface area contributed by atoms with E-state index in [0.717, 1.165) is 38.0 Å². The molecule has 2 aromatic heterocycles. The highest BCUT2D eigenvalue weighted by atomic mass is 16.6. The number of ether oxygens (including phenoxy) is 2. The molecule has 2 aliphatic rings. The van der Waals surface area contributed by atoms with Gasteiger partial charge in [0.15, 0.2) is 0 Å². The van der Waals surface area contributed by atoms with Gasteiger partial charge in [-0.3, -0.25) is 9.88 Å². The zero-order valence-electron chi connectivity index (χ0n) is 13.2. The minimum absolute atomic E-state index is 0.0245. The second kappa shape index (κ2) is 6.43. The van der Waals surface area contributed by atoms with E-state index in [9.17, 15) is 0 Å². The Labute approximate surface area is 136 Å². The van der Waals surface area contributed by atoms with Crippen molar-refractivity contribution in [2.75, 3.05) is 19.7 Å². The van der Waals surface area contributed by atoms with E-state index in [1.165, 1.54) is 5.56 Å². The van der Waals surface area contributed by atoms with Gasteiger partial charge in [-0.15, -0.1) is 0 Å². The van der Waals surface area contributed by atoms with Crippen molar-refractivity contribution in [1.29, 1.82) is 0 Å². The molecule has 0 unspecified atom stereocenters. The van der Waals surface area contributed by atoms with Gasteiger partial charge in [-0.25, -0.2) is 0 Å². The molecule has 5 heteroatoms. The number of aromatic nitrogens is 1. The summed E-state index contributed by atoms with van der Waals surface area (Å²) in [7, 11) is 0. The van der Waals surface area contributed by atoms with Gasteiger partial charge in [-0.1, -0.05) is 6.07 Å².